The van der Waals surface area contributed by atoms with Gasteiger partial charge in [-0.2, -0.15) is 0 Å². The van der Waals surface area contributed by atoms with Crippen LogP contribution in [-0.4, -0.2) is 49.7 Å². The number of hydrogen-bond acceptors (Lipinski definition) is 9. The zero-order valence-corrected chi connectivity index (χ0v) is 18.1. The first-order chi connectivity index (χ1) is 14.9. The highest BCUT2D eigenvalue weighted by atomic mass is 32.2. The second-order valence-electron chi connectivity index (χ2n) is 6.21. The molecule has 0 radical (unpaired) electrons. The summed E-state index contributed by atoms with van der Waals surface area (Å²) >= 11 is 1.10. The lowest BCUT2D eigenvalue weighted by Crippen LogP contribution is -2.10. The van der Waals surface area contributed by atoms with Gasteiger partial charge in [-0.25, -0.2) is 9.79 Å². The largest absolute Gasteiger partial charge is 0.506 e. The zero-order valence-electron chi connectivity index (χ0n) is 17.3. The molecule has 1 aliphatic rings. The molecular formula is C22H21NO7S. The minimum atomic E-state index is -0.717. The molecule has 2 aromatic carbocycles. The third-order valence-electron chi connectivity index (χ3n) is 4.38. The van der Waals surface area contributed by atoms with Crippen molar-refractivity contribution >= 4 is 34.5 Å². The average molecular weight is 443 g/mol. The van der Waals surface area contributed by atoms with Crippen LogP contribution in [0, 0.1) is 0 Å². The third kappa shape index (κ3) is 4.61. The molecule has 0 unspecified atom stereocenters. The van der Waals surface area contributed by atoms with E-state index in [9.17, 15) is 15.0 Å². The predicted octanol–water partition coefficient (Wildman–Crippen LogP) is 4.22. The number of aromatic hydroxyl groups is 1. The highest BCUT2D eigenvalue weighted by molar-refractivity contribution is 8.18. The summed E-state index contributed by atoms with van der Waals surface area (Å²) in [6.07, 6.45) is 1.62. The van der Waals surface area contributed by atoms with Crippen molar-refractivity contribution in [2.24, 2.45) is 4.99 Å². The number of phenolic OH excluding ortho intramolecular Hbond substituents is 1. The Kier molecular flexibility index (Phi) is 6.76. The van der Waals surface area contributed by atoms with Gasteiger partial charge in [0.1, 0.15) is 16.4 Å². The minimum Gasteiger partial charge on any atom is -0.506 e. The van der Waals surface area contributed by atoms with E-state index in [-0.39, 0.29) is 22.1 Å². The lowest BCUT2D eigenvalue weighted by atomic mass is 10.1. The maximum atomic E-state index is 12.3. The summed E-state index contributed by atoms with van der Waals surface area (Å²) in [6.45, 7) is 0. The van der Waals surface area contributed by atoms with Crippen LogP contribution in [-0.2, 0) is 9.53 Å². The summed E-state index contributed by atoms with van der Waals surface area (Å²) in [7, 11) is 5.72. The van der Waals surface area contributed by atoms with Crippen molar-refractivity contribution in [3.63, 3.8) is 0 Å². The SMILES string of the molecule is COC(=O)C1=C(O)C(=Cc2ccc(OC)c(O)c2)SC1=Nc1ccc(OC)c(OC)c1. The van der Waals surface area contributed by atoms with E-state index in [1.54, 1.807) is 36.4 Å². The number of phenols is 1. The number of esters is 1. The second kappa shape index (κ2) is 9.48. The van der Waals surface area contributed by atoms with Crippen molar-refractivity contribution in [1.82, 2.24) is 0 Å². The molecule has 3 rings (SSSR count). The molecule has 0 atom stereocenters. The van der Waals surface area contributed by atoms with Crippen LogP contribution in [0.15, 0.2) is 57.6 Å². The van der Waals surface area contributed by atoms with Crippen LogP contribution in [0.2, 0.25) is 0 Å². The normalized spacial score (nSPS) is 16.0. The fraction of sp³-hybridized carbons (Fsp3) is 0.182. The number of benzene rings is 2. The number of nitrogens with zero attached hydrogens (tertiary/aromatic N) is 1. The van der Waals surface area contributed by atoms with Crippen LogP contribution in [0.25, 0.3) is 6.08 Å². The summed E-state index contributed by atoms with van der Waals surface area (Å²) < 4.78 is 20.4. The molecule has 162 valence electrons. The van der Waals surface area contributed by atoms with Gasteiger partial charge in [-0.3, -0.25) is 0 Å². The van der Waals surface area contributed by atoms with Crippen LogP contribution in [0.3, 0.4) is 0 Å². The lowest BCUT2D eigenvalue weighted by molar-refractivity contribution is -0.135. The Balaban J connectivity index is 2.03. The topological polar surface area (TPSA) is 107 Å². The smallest absolute Gasteiger partial charge is 0.344 e. The molecule has 9 heteroatoms. The number of aliphatic imine (C=N–C) groups is 1. The number of thioether (sulfide) groups is 1. The van der Waals surface area contributed by atoms with Crippen LogP contribution in [0.1, 0.15) is 5.56 Å². The van der Waals surface area contributed by atoms with Gasteiger partial charge in [-0.1, -0.05) is 17.8 Å². The number of hydrogen-bond donors (Lipinski definition) is 2. The van der Waals surface area contributed by atoms with Gasteiger partial charge < -0.3 is 29.2 Å². The number of carbonyl (C=O) groups is 1. The molecule has 0 saturated heterocycles. The lowest BCUT2D eigenvalue weighted by Gasteiger charge is -2.08. The summed E-state index contributed by atoms with van der Waals surface area (Å²) in [4.78, 5) is 17.2. The predicted molar refractivity (Wildman–Crippen MR) is 119 cm³/mol. The third-order valence-corrected chi connectivity index (χ3v) is 5.40. The van der Waals surface area contributed by atoms with Crippen LogP contribution in [0.5, 0.6) is 23.0 Å². The van der Waals surface area contributed by atoms with Gasteiger partial charge in [0.05, 0.1) is 39.0 Å². The number of aliphatic hydroxyl groups excluding tert-OH is 1. The van der Waals surface area contributed by atoms with E-state index in [1.165, 1.54) is 34.5 Å². The van der Waals surface area contributed by atoms with E-state index < -0.39 is 5.97 Å². The first kappa shape index (κ1) is 22.1. The van der Waals surface area contributed by atoms with Crippen LogP contribution >= 0.6 is 11.8 Å². The standard InChI is InChI=1S/C22H21NO7S/c1-27-15-7-5-12(9-14(15)24)10-18-20(25)19(22(26)30-4)21(31-18)23-13-6-8-16(28-2)17(11-13)29-3/h5-11,24-25H,1-4H3. The Bertz CT molecular complexity index is 1110. The number of carbonyl (C=O) groups excluding carboxylic acids is 1. The molecule has 0 amide bonds. The molecule has 0 fully saturated rings. The highest BCUT2D eigenvalue weighted by Gasteiger charge is 2.33. The van der Waals surface area contributed by atoms with Crippen molar-refractivity contribution in [3.8, 4) is 23.0 Å². The summed E-state index contributed by atoms with van der Waals surface area (Å²) in [5.74, 6) is 0.320. The van der Waals surface area contributed by atoms with E-state index in [1.807, 2.05) is 0 Å². The minimum absolute atomic E-state index is 0.0456. The Morgan fingerprint density at radius 3 is 2.23 bits per heavy atom. The molecule has 8 nitrogen and oxygen atoms in total. The van der Waals surface area contributed by atoms with Crippen LogP contribution < -0.4 is 14.2 Å². The second-order valence-corrected chi connectivity index (χ2v) is 7.24. The van der Waals surface area contributed by atoms with Crippen molar-refractivity contribution in [2.75, 3.05) is 28.4 Å². The fourth-order valence-electron chi connectivity index (χ4n) is 2.85. The summed E-state index contributed by atoms with van der Waals surface area (Å²) in [5.41, 5.74) is 1.05. The Labute approximate surface area is 183 Å². The average Bonchev–Trinajstić information content (AvgIpc) is 3.07. The Morgan fingerprint density at radius 1 is 0.935 bits per heavy atom. The summed E-state index contributed by atoms with van der Waals surface area (Å²) in [5, 5.41) is 20.9. The maximum Gasteiger partial charge on any atom is 0.344 e. The molecule has 1 heterocycles. The van der Waals surface area contributed by atoms with Crippen LogP contribution in [0.4, 0.5) is 5.69 Å². The molecule has 0 aromatic heterocycles. The maximum absolute atomic E-state index is 12.3. The van der Waals surface area contributed by atoms with Crippen molar-refractivity contribution < 1.29 is 34.0 Å². The summed E-state index contributed by atoms with van der Waals surface area (Å²) in [6, 6.07) is 9.84. The number of ether oxygens (including phenoxy) is 4. The molecule has 0 spiro atoms. The van der Waals surface area contributed by atoms with Gasteiger partial charge in [0.2, 0.25) is 0 Å². The highest BCUT2D eigenvalue weighted by Crippen LogP contribution is 2.41. The van der Waals surface area contributed by atoms with E-state index >= 15 is 0 Å². The molecule has 0 aliphatic carbocycles. The van der Waals surface area contributed by atoms with E-state index in [2.05, 4.69) is 4.99 Å². The van der Waals surface area contributed by atoms with Gasteiger partial charge in [0.25, 0.3) is 0 Å². The quantitative estimate of drug-likeness (QED) is 0.639. The van der Waals surface area contributed by atoms with Gasteiger partial charge in [-0.05, 0) is 35.9 Å². The molecular weight excluding hydrogens is 422 g/mol. The van der Waals surface area contributed by atoms with Gasteiger partial charge in [0.15, 0.2) is 23.0 Å². The number of rotatable bonds is 6. The molecule has 1 aliphatic heterocycles. The van der Waals surface area contributed by atoms with Gasteiger partial charge in [-0.15, -0.1) is 0 Å². The monoisotopic (exact) mass is 443 g/mol. The zero-order chi connectivity index (χ0) is 22.5. The molecule has 2 N–H and O–H groups in total. The molecule has 31 heavy (non-hydrogen) atoms. The Hall–Kier alpha value is -3.59. The van der Waals surface area contributed by atoms with E-state index in [4.69, 9.17) is 18.9 Å². The Morgan fingerprint density at radius 2 is 1.61 bits per heavy atom. The first-order valence-electron chi connectivity index (χ1n) is 9.01. The van der Waals surface area contributed by atoms with Crippen molar-refractivity contribution in [1.29, 1.82) is 0 Å². The molecule has 2 aromatic rings. The molecule has 0 bridgehead atoms. The van der Waals surface area contributed by atoms with E-state index in [0.717, 1.165) is 11.8 Å². The first-order valence-corrected chi connectivity index (χ1v) is 9.83. The van der Waals surface area contributed by atoms with Gasteiger partial charge in [0, 0.05) is 6.07 Å². The molecule has 0 saturated carbocycles. The van der Waals surface area contributed by atoms with Crippen molar-refractivity contribution in [3.05, 3.63) is 58.2 Å². The van der Waals surface area contributed by atoms with Crippen molar-refractivity contribution in [2.45, 2.75) is 0 Å². The van der Waals surface area contributed by atoms with Gasteiger partial charge >= 0.3 is 5.97 Å². The van der Waals surface area contributed by atoms with E-state index in [0.29, 0.717) is 33.4 Å². The fourth-order valence-corrected chi connectivity index (χ4v) is 3.89. The number of methoxy groups -OCH3 is 4. The number of aliphatic hydroxyl groups is 1.